The summed E-state index contributed by atoms with van der Waals surface area (Å²) in [7, 11) is -3.93. The van der Waals surface area contributed by atoms with E-state index in [1.165, 1.54) is 24.3 Å². The van der Waals surface area contributed by atoms with E-state index in [1.807, 2.05) is 33.8 Å². The lowest BCUT2D eigenvalue weighted by atomic mass is 10.1. The molecule has 2 rings (SSSR count). The van der Waals surface area contributed by atoms with Crippen LogP contribution in [0.5, 0.6) is 0 Å². The molecule has 0 aliphatic carbocycles. The molecule has 0 unspecified atom stereocenters. The Labute approximate surface area is 172 Å². The summed E-state index contributed by atoms with van der Waals surface area (Å²) in [5.41, 5.74) is 2.46. The van der Waals surface area contributed by atoms with E-state index in [-0.39, 0.29) is 23.4 Å². The number of carbonyl (C=O) groups excluding carboxylic acids is 1. The smallest absolute Gasteiger partial charge is 0.264 e. The standard InChI is InChI=1S/C21H27ClN2O3S/c1-5-6-17(4)23-21(25)14-24(19-10-7-15(2)16(3)13-19)28(26,27)20-11-8-18(22)9-12-20/h7-13,17H,5-6,14H2,1-4H3,(H,23,25)/t17-/m0/s1. The summed E-state index contributed by atoms with van der Waals surface area (Å²) in [6, 6.07) is 11.3. The van der Waals surface area contributed by atoms with E-state index in [0.29, 0.717) is 10.7 Å². The van der Waals surface area contributed by atoms with Gasteiger partial charge in [0.15, 0.2) is 0 Å². The van der Waals surface area contributed by atoms with Crippen LogP contribution in [0.1, 0.15) is 37.8 Å². The molecule has 0 spiro atoms. The number of rotatable bonds is 8. The Hall–Kier alpha value is -2.05. The first kappa shape index (κ1) is 22.2. The SMILES string of the molecule is CCC[C@H](C)NC(=O)CN(c1ccc(C)c(C)c1)S(=O)(=O)c1ccc(Cl)cc1. The average Bonchev–Trinajstić information content (AvgIpc) is 2.62. The first-order chi connectivity index (χ1) is 13.1. The Morgan fingerprint density at radius 1 is 1.11 bits per heavy atom. The molecule has 0 aliphatic rings. The molecule has 0 aliphatic heterocycles. The van der Waals surface area contributed by atoms with Gasteiger partial charge in [0.1, 0.15) is 6.54 Å². The maximum absolute atomic E-state index is 13.3. The van der Waals surface area contributed by atoms with Crippen LogP contribution in [0.15, 0.2) is 47.4 Å². The predicted octanol–water partition coefficient (Wildman–Crippen LogP) is 4.46. The van der Waals surface area contributed by atoms with Crippen LogP contribution in [0.4, 0.5) is 5.69 Å². The molecule has 0 aromatic heterocycles. The highest BCUT2D eigenvalue weighted by atomic mass is 35.5. The molecule has 1 amide bonds. The van der Waals surface area contributed by atoms with Crippen LogP contribution in [0, 0.1) is 13.8 Å². The fourth-order valence-electron chi connectivity index (χ4n) is 2.89. The third kappa shape index (κ3) is 5.49. The largest absolute Gasteiger partial charge is 0.352 e. The minimum absolute atomic E-state index is 0.0164. The van der Waals surface area contributed by atoms with E-state index in [2.05, 4.69) is 5.32 Å². The first-order valence-corrected chi connectivity index (χ1v) is 11.1. The maximum Gasteiger partial charge on any atom is 0.264 e. The number of benzene rings is 2. The molecule has 5 nitrogen and oxygen atoms in total. The Morgan fingerprint density at radius 3 is 2.32 bits per heavy atom. The van der Waals surface area contributed by atoms with E-state index >= 15 is 0 Å². The number of hydrogen-bond acceptors (Lipinski definition) is 3. The van der Waals surface area contributed by atoms with Crippen LogP contribution in [0.3, 0.4) is 0 Å². The number of halogens is 1. The van der Waals surface area contributed by atoms with Gasteiger partial charge in [-0.3, -0.25) is 9.10 Å². The zero-order valence-corrected chi connectivity index (χ0v) is 18.3. The highest BCUT2D eigenvalue weighted by Crippen LogP contribution is 2.26. The fraction of sp³-hybridized carbons (Fsp3) is 0.381. The number of hydrogen-bond donors (Lipinski definition) is 1. The third-order valence-electron chi connectivity index (χ3n) is 4.60. The first-order valence-electron chi connectivity index (χ1n) is 9.30. The summed E-state index contributed by atoms with van der Waals surface area (Å²) < 4.78 is 27.7. The molecule has 1 atom stereocenters. The quantitative estimate of drug-likeness (QED) is 0.683. The number of amides is 1. The van der Waals surface area contributed by atoms with E-state index in [9.17, 15) is 13.2 Å². The number of nitrogens with one attached hydrogen (secondary N) is 1. The molecule has 0 radical (unpaired) electrons. The van der Waals surface area contributed by atoms with Gasteiger partial charge in [0, 0.05) is 11.1 Å². The van der Waals surface area contributed by atoms with Gasteiger partial charge < -0.3 is 5.32 Å². The number of nitrogens with zero attached hydrogens (tertiary/aromatic N) is 1. The average molecular weight is 423 g/mol. The van der Waals surface area contributed by atoms with Gasteiger partial charge in [-0.1, -0.05) is 31.0 Å². The van der Waals surface area contributed by atoms with Crippen molar-refractivity contribution in [2.45, 2.75) is 51.5 Å². The van der Waals surface area contributed by atoms with Crippen molar-refractivity contribution < 1.29 is 13.2 Å². The summed E-state index contributed by atoms with van der Waals surface area (Å²) in [6.45, 7) is 7.53. The van der Waals surface area contributed by atoms with Crippen LogP contribution < -0.4 is 9.62 Å². The van der Waals surface area contributed by atoms with Gasteiger partial charge in [0.2, 0.25) is 5.91 Å². The van der Waals surface area contributed by atoms with E-state index in [1.54, 1.807) is 12.1 Å². The fourth-order valence-corrected chi connectivity index (χ4v) is 4.42. The molecule has 28 heavy (non-hydrogen) atoms. The Morgan fingerprint density at radius 2 is 1.75 bits per heavy atom. The van der Waals surface area contributed by atoms with Gasteiger partial charge >= 0.3 is 0 Å². The summed E-state index contributed by atoms with van der Waals surface area (Å²) in [4.78, 5) is 12.6. The zero-order valence-electron chi connectivity index (χ0n) is 16.7. The molecular formula is C21H27ClN2O3S. The van der Waals surface area contributed by atoms with Crippen molar-refractivity contribution in [3.8, 4) is 0 Å². The molecule has 0 saturated heterocycles. The van der Waals surface area contributed by atoms with Crippen LogP contribution >= 0.6 is 11.6 Å². The molecule has 1 N–H and O–H groups in total. The van der Waals surface area contributed by atoms with Crippen molar-refractivity contribution in [3.05, 3.63) is 58.6 Å². The van der Waals surface area contributed by atoms with E-state index in [0.717, 1.165) is 28.3 Å². The lowest BCUT2D eigenvalue weighted by Gasteiger charge is -2.25. The highest BCUT2D eigenvalue weighted by Gasteiger charge is 2.27. The molecule has 0 heterocycles. The monoisotopic (exact) mass is 422 g/mol. The molecule has 152 valence electrons. The Balaban J connectivity index is 2.42. The van der Waals surface area contributed by atoms with Crippen molar-refractivity contribution in [2.75, 3.05) is 10.8 Å². The van der Waals surface area contributed by atoms with Crippen molar-refractivity contribution in [1.82, 2.24) is 5.32 Å². The lowest BCUT2D eigenvalue weighted by Crippen LogP contribution is -2.43. The summed E-state index contributed by atoms with van der Waals surface area (Å²) in [5.74, 6) is -0.336. The highest BCUT2D eigenvalue weighted by molar-refractivity contribution is 7.92. The van der Waals surface area contributed by atoms with Gasteiger partial charge in [0.25, 0.3) is 10.0 Å². The second-order valence-electron chi connectivity index (χ2n) is 6.99. The van der Waals surface area contributed by atoms with Gasteiger partial charge in [-0.25, -0.2) is 8.42 Å². The Bertz CT molecular complexity index is 927. The summed E-state index contributed by atoms with van der Waals surface area (Å²) in [5, 5.41) is 3.32. The topological polar surface area (TPSA) is 66.5 Å². The van der Waals surface area contributed by atoms with E-state index in [4.69, 9.17) is 11.6 Å². The molecule has 2 aromatic carbocycles. The summed E-state index contributed by atoms with van der Waals surface area (Å²) >= 11 is 5.90. The second-order valence-corrected chi connectivity index (χ2v) is 9.29. The van der Waals surface area contributed by atoms with Crippen LogP contribution in [0.2, 0.25) is 5.02 Å². The molecule has 0 fully saturated rings. The maximum atomic E-state index is 13.3. The second kappa shape index (κ2) is 9.43. The molecule has 0 bridgehead atoms. The molecular weight excluding hydrogens is 396 g/mol. The normalized spacial score (nSPS) is 12.5. The lowest BCUT2D eigenvalue weighted by molar-refractivity contribution is -0.120. The molecule has 0 saturated carbocycles. The van der Waals surface area contributed by atoms with Crippen molar-refractivity contribution in [1.29, 1.82) is 0 Å². The Kier molecular flexibility index (Phi) is 7.49. The third-order valence-corrected chi connectivity index (χ3v) is 6.64. The minimum atomic E-state index is -3.93. The van der Waals surface area contributed by atoms with Gasteiger partial charge in [-0.2, -0.15) is 0 Å². The summed E-state index contributed by atoms with van der Waals surface area (Å²) in [6.07, 6.45) is 1.77. The van der Waals surface area contributed by atoms with E-state index < -0.39 is 10.0 Å². The van der Waals surface area contributed by atoms with Crippen molar-refractivity contribution in [2.24, 2.45) is 0 Å². The van der Waals surface area contributed by atoms with Gasteiger partial charge in [0.05, 0.1) is 10.6 Å². The molecule has 7 heteroatoms. The van der Waals surface area contributed by atoms with Crippen LogP contribution in [0.25, 0.3) is 0 Å². The van der Waals surface area contributed by atoms with Crippen LogP contribution in [-0.4, -0.2) is 26.9 Å². The zero-order chi connectivity index (χ0) is 20.9. The minimum Gasteiger partial charge on any atom is -0.352 e. The van der Waals surface area contributed by atoms with Crippen molar-refractivity contribution in [3.63, 3.8) is 0 Å². The van der Waals surface area contributed by atoms with Gasteiger partial charge in [-0.05, 0) is 74.7 Å². The van der Waals surface area contributed by atoms with Crippen LogP contribution in [-0.2, 0) is 14.8 Å². The number of anilines is 1. The van der Waals surface area contributed by atoms with Gasteiger partial charge in [-0.15, -0.1) is 0 Å². The number of sulfonamides is 1. The van der Waals surface area contributed by atoms with Crippen molar-refractivity contribution >= 4 is 33.2 Å². The number of aryl methyl sites for hydroxylation is 2. The number of carbonyl (C=O) groups is 1. The molecule has 2 aromatic rings. The predicted molar refractivity (Wildman–Crippen MR) is 114 cm³/mol.